The summed E-state index contributed by atoms with van der Waals surface area (Å²) in [5.41, 5.74) is 5.44. The van der Waals surface area contributed by atoms with Gasteiger partial charge in [-0.2, -0.15) is 0 Å². The molecule has 0 aromatic carbocycles. The van der Waals surface area contributed by atoms with Crippen LogP contribution in [-0.4, -0.2) is 55.9 Å². The molecule has 2 aliphatic rings. The topological polar surface area (TPSA) is 64.8 Å². The molecule has 1 unspecified atom stereocenters. The predicted octanol–water partition coefficient (Wildman–Crippen LogP) is 0.912. The second-order valence-electron chi connectivity index (χ2n) is 5.39. The van der Waals surface area contributed by atoms with E-state index >= 15 is 0 Å². The van der Waals surface area contributed by atoms with Crippen LogP contribution in [0.4, 0.5) is 0 Å². The minimum absolute atomic E-state index is 0.181. The summed E-state index contributed by atoms with van der Waals surface area (Å²) < 4.78 is 11.3. The molecule has 2 aliphatic heterocycles. The number of carbonyl (C=O) groups is 1. The van der Waals surface area contributed by atoms with E-state index < -0.39 is 0 Å². The lowest BCUT2D eigenvalue weighted by Crippen LogP contribution is -2.47. The van der Waals surface area contributed by atoms with Crippen LogP contribution in [0.5, 0.6) is 0 Å². The van der Waals surface area contributed by atoms with Crippen molar-refractivity contribution >= 4 is 5.91 Å². The first-order chi connectivity index (χ1) is 9.31. The molecule has 2 heterocycles. The Hall–Kier alpha value is -0.650. The van der Waals surface area contributed by atoms with Crippen LogP contribution in [0, 0.1) is 0 Å². The minimum Gasteiger partial charge on any atom is -0.378 e. The van der Waals surface area contributed by atoms with Gasteiger partial charge in [0.05, 0.1) is 6.10 Å². The first-order valence-corrected chi connectivity index (χ1v) is 7.53. The first kappa shape index (κ1) is 14.8. The maximum Gasteiger partial charge on any atom is 0.251 e. The normalized spacial score (nSPS) is 25.5. The van der Waals surface area contributed by atoms with E-state index in [1.54, 1.807) is 0 Å². The minimum atomic E-state index is -0.191. The Morgan fingerprint density at radius 3 is 2.68 bits per heavy atom. The van der Waals surface area contributed by atoms with Gasteiger partial charge in [0, 0.05) is 26.3 Å². The first-order valence-electron chi connectivity index (χ1n) is 7.53. The highest BCUT2D eigenvalue weighted by Gasteiger charge is 2.29. The summed E-state index contributed by atoms with van der Waals surface area (Å²) in [6, 6.07) is 0. The highest BCUT2D eigenvalue weighted by atomic mass is 16.5. The number of piperidine rings is 1. The lowest BCUT2D eigenvalue weighted by Gasteiger charge is -2.35. The van der Waals surface area contributed by atoms with Gasteiger partial charge in [0.25, 0.3) is 5.91 Å². The van der Waals surface area contributed by atoms with Gasteiger partial charge in [0.15, 0.2) is 0 Å². The number of hydrogen-bond acceptors (Lipinski definition) is 4. The third-order valence-electron chi connectivity index (χ3n) is 3.91. The quantitative estimate of drug-likeness (QED) is 0.754. The summed E-state index contributed by atoms with van der Waals surface area (Å²) in [7, 11) is 0. The van der Waals surface area contributed by atoms with Crippen molar-refractivity contribution in [3.63, 3.8) is 0 Å². The lowest BCUT2D eigenvalue weighted by molar-refractivity contribution is -0.149. The molecule has 110 valence electrons. The van der Waals surface area contributed by atoms with Crippen LogP contribution in [-0.2, 0) is 14.3 Å². The largest absolute Gasteiger partial charge is 0.378 e. The number of hydrogen-bond donors (Lipinski definition) is 1. The molecule has 1 amide bonds. The molecule has 5 heteroatoms. The second-order valence-corrected chi connectivity index (χ2v) is 5.39. The van der Waals surface area contributed by atoms with E-state index in [0.29, 0.717) is 12.6 Å². The smallest absolute Gasteiger partial charge is 0.251 e. The zero-order valence-electron chi connectivity index (χ0n) is 11.7. The molecule has 2 fully saturated rings. The Bertz CT molecular complexity index is 272. The molecular formula is C14H26N2O3. The second kappa shape index (κ2) is 7.82. The fourth-order valence-electron chi connectivity index (χ4n) is 2.72. The SMILES string of the molecule is NCCCOC1CCN(C(=O)C2CCCCO2)CC1. The lowest BCUT2D eigenvalue weighted by atomic mass is 10.0. The van der Waals surface area contributed by atoms with Crippen molar-refractivity contribution in [3.8, 4) is 0 Å². The van der Waals surface area contributed by atoms with Crippen molar-refractivity contribution in [2.75, 3.05) is 32.8 Å². The van der Waals surface area contributed by atoms with Gasteiger partial charge in [0.1, 0.15) is 6.10 Å². The Morgan fingerprint density at radius 1 is 1.26 bits per heavy atom. The monoisotopic (exact) mass is 270 g/mol. The van der Waals surface area contributed by atoms with Gasteiger partial charge in [-0.05, 0) is 45.1 Å². The van der Waals surface area contributed by atoms with Crippen molar-refractivity contribution in [3.05, 3.63) is 0 Å². The van der Waals surface area contributed by atoms with Crippen molar-refractivity contribution in [2.45, 2.75) is 50.7 Å². The summed E-state index contributed by atoms with van der Waals surface area (Å²) in [5, 5.41) is 0. The third-order valence-corrected chi connectivity index (χ3v) is 3.91. The summed E-state index contributed by atoms with van der Waals surface area (Å²) in [4.78, 5) is 14.2. The van der Waals surface area contributed by atoms with E-state index in [4.69, 9.17) is 15.2 Å². The molecular weight excluding hydrogens is 244 g/mol. The van der Waals surface area contributed by atoms with Gasteiger partial charge in [-0.25, -0.2) is 0 Å². The van der Waals surface area contributed by atoms with Gasteiger partial charge in [-0.3, -0.25) is 4.79 Å². The molecule has 0 aromatic rings. The summed E-state index contributed by atoms with van der Waals surface area (Å²) >= 11 is 0. The van der Waals surface area contributed by atoms with Crippen molar-refractivity contribution in [1.82, 2.24) is 4.90 Å². The molecule has 0 radical (unpaired) electrons. The number of carbonyl (C=O) groups excluding carboxylic acids is 1. The molecule has 1 atom stereocenters. The van der Waals surface area contributed by atoms with Gasteiger partial charge in [-0.15, -0.1) is 0 Å². The highest BCUT2D eigenvalue weighted by Crippen LogP contribution is 2.19. The molecule has 0 bridgehead atoms. The van der Waals surface area contributed by atoms with Crippen molar-refractivity contribution < 1.29 is 14.3 Å². The van der Waals surface area contributed by atoms with E-state index in [-0.39, 0.29) is 12.0 Å². The Balaban J connectivity index is 1.68. The van der Waals surface area contributed by atoms with E-state index in [1.807, 2.05) is 4.90 Å². The molecule has 0 spiro atoms. The van der Waals surface area contributed by atoms with E-state index in [0.717, 1.165) is 64.8 Å². The number of ether oxygens (including phenoxy) is 2. The maximum atomic E-state index is 12.3. The molecule has 0 aliphatic carbocycles. The average Bonchev–Trinajstić information content (AvgIpc) is 2.48. The van der Waals surface area contributed by atoms with Crippen LogP contribution in [0.1, 0.15) is 38.5 Å². The van der Waals surface area contributed by atoms with Crippen LogP contribution in [0.25, 0.3) is 0 Å². The van der Waals surface area contributed by atoms with Gasteiger partial charge in [-0.1, -0.05) is 0 Å². The molecule has 2 N–H and O–H groups in total. The zero-order chi connectivity index (χ0) is 13.5. The predicted molar refractivity (Wildman–Crippen MR) is 72.8 cm³/mol. The number of amides is 1. The van der Waals surface area contributed by atoms with Gasteiger partial charge < -0.3 is 20.1 Å². The van der Waals surface area contributed by atoms with Gasteiger partial charge in [0.2, 0.25) is 0 Å². The fraction of sp³-hybridized carbons (Fsp3) is 0.929. The number of nitrogens with zero attached hydrogens (tertiary/aromatic N) is 1. The number of nitrogens with two attached hydrogens (primary N) is 1. The molecule has 19 heavy (non-hydrogen) atoms. The van der Waals surface area contributed by atoms with Crippen LogP contribution < -0.4 is 5.73 Å². The summed E-state index contributed by atoms with van der Waals surface area (Å²) in [6.07, 6.45) is 5.95. The highest BCUT2D eigenvalue weighted by molar-refractivity contribution is 5.81. The van der Waals surface area contributed by atoms with Crippen molar-refractivity contribution in [1.29, 1.82) is 0 Å². The Labute approximate surface area is 115 Å². The molecule has 2 saturated heterocycles. The fourth-order valence-corrected chi connectivity index (χ4v) is 2.72. The van der Waals surface area contributed by atoms with Crippen LogP contribution in [0.2, 0.25) is 0 Å². The summed E-state index contributed by atoms with van der Waals surface area (Å²) in [5.74, 6) is 0.181. The standard InChI is InChI=1S/C14H26N2O3/c15-7-3-11-18-12-5-8-16(9-6-12)14(17)13-4-1-2-10-19-13/h12-13H,1-11,15H2. The van der Waals surface area contributed by atoms with E-state index in [1.165, 1.54) is 0 Å². The maximum absolute atomic E-state index is 12.3. The van der Waals surface area contributed by atoms with Crippen LogP contribution in [0.15, 0.2) is 0 Å². The Kier molecular flexibility index (Phi) is 6.07. The van der Waals surface area contributed by atoms with Crippen molar-refractivity contribution in [2.24, 2.45) is 5.73 Å². The van der Waals surface area contributed by atoms with Gasteiger partial charge >= 0.3 is 0 Å². The molecule has 0 aromatic heterocycles. The zero-order valence-corrected chi connectivity index (χ0v) is 11.7. The molecule has 5 nitrogen and oxygen atoms in total. The molecule has 2 rings (SSSR count). The van der Waals surface area contributed by atoms with E-state index in [2.05, 4.69) is 0 Å². The number of rotatable bonds is 5. The van der Waals surface area contributed by atoms with E-state index in [9.17, 15) is 4.79 Å². The van der Waals surface area contributed by atoms with Crippen LogP contribution in [0.3, 0.4) is 0 Å². The third kappa shape index (κ3) is 4.44. The summed E-state index contributed by atoms with van der Waals surface area (Å²) in [6.45, 7) is 3.74. The number of likely N-dealkylation sites (tertiary alicyclic amines) is 1. The van der Waals surface area contributed by atoms with Crippen LogP contribution >= 0.6 is 0 Å². The molecule has 0 saturated carbocycles. The Morgan fingerprint density at radius 2 is 2.05 bits per heavy atom. The average molecular weight is 270 g/mol.